The topological polar surface area (TPSA) is 49.3 Å². The van der Waals surface area contributed by atoms with Gasteiger partial charge in [-0.3, -0.25) is 4.79 Å². The molecule has 1 aliphatic rings. The number of hydrogen-bond donors (Lipinski definition) is 2. The van der Waals surface area contributed by atoms with E-state index < -0.39 is 0 Å². The van der Waals surface area contributed by atoms with Crippen LogP contribution in [0.4, 0.5) is 0 Å². The van der Waals surface area contributed by atoms with Crippen molar-refractivity contribution in [3.8, 4) is 0 Å². The smallest absolute Gasteiger partial charge is 0.224 e. The average Bonchev–Trinajstić information content (AvgIpc) is 2.81. The van der Waals surface area contributed by atoms with Gasteiger partial charge in [0, 0.05) is 18.6 Å². The Kier molecular flexibility index (Phi) is 4.59. The molecule has 104 valence electrons. The zero-order valence-electron chi connectivity index (χ0n) is 11.8. The van der Waals surface area contributed by atoms with Crippen molar-refractivity contribution in [3.63, 3.8) is 0 Å². The molecule has 0 heterocycles. The lowest BCUT2D eigenvalue weighted by molar-refractivity contribution is -0.121. The lowest BCUT2D eigenvalue weighted by atomic mass is 10.0. The lowest BCUT2D eigenvalue weighted by Crippen LogP contribution is -2.39. The Hall–Kier alpha value is -1.35. The van der Waals surface area contributed by atoms with Crippen molar-refractivity contribution in [1.29, 1.82) is 0 Å². The van der Waals surface area contributed by atoms with Crippen LogP contribution in [0.1, 0.15) is 36.0 Å². The van der Waals surface area contributed by atoms with E-state index in [0.717, 1.165) is 24.8 Å². The van der Waals surface area contributed by atoms with Gasteiger partial charge in [0.1, 0.15) is 0 Å². The van der Waals surface area contributed by atoms with Gasteiger partial charge >= 0.3 is 0 Å². The molecule has 2 atom stereocenters. The van der Waals surface area contributed by atoms with Gasteiger partial charge in [0.25, 0.3) is 0 Å². The molecule has 1 fully saturated rings. The number of nitrogens with one attached hydrogen (secondary N) is 1. The zero-order valence-corrected chi connectivity index (χ0v) is 11.8. The van der Waals surface area contributed by atoms with Crippen molar-refractivity contribution in [2.24, 2.45) is 5.92 Å². The van der Waals surface area contributed by atoms with Crippen LogP contribution in [-0.2, 0) is 11.2 Å². The molecule has 1 aromatic rings. The fourth-order valence-corrected chi connectivity index (χ4v) is 2.80. The molecule has 19 heavy (non-hydrogen) atoms. The maximum atomic E-state index is 12.0. The predicted octanol–water partition coefficient (Wildman–Crippen LogP) is 2.12. The zero-order chi connectivity index (χ0) is 13.8. The summed E-state index contributed by atoms with van der Waals surface area (Å²) in [6.07, 6.45) is 3.53. The van der Waals surface area contributed by atoms with Crippen LogP contribution in [0.3, 0.4) is 0 Å². The first-order valence-corrected chi connectivity index (χ1v) is 7.06. The number of amides is 1. The Bertz CT molecular complexity index is 456. The number of carbonyl (C=O) groups excluding carboxylic acids is 1. The number of carbonyl (C=O) groups is 1. The molecule has 0 bridgehead atoms. The van der Waals surface area contributed by atoms with E-state index in [1.807, 2.05) is 6.07 Å². The quantitative estimate of drug-likeness (QED) is 0.872. The maximum absolute atomic E-state index is 12.0. The second-order valence-corrected chi connectivity index (χ2v) is 5.64. The first-order valence-electron chi connectivity index (χ1n) is 7.06. The van der Waals surface area contributed by atoms with Gasteiger partial charge in [-0.15, -0.1) is 0 Å². The van der Waals surface area contributed by atoms with Crippen LogP contribution in [-0.4, -0.2) is 23.7 Å². The number of rotatable bonds is 4. The number of hydrogen-bond acceptors (Lipinski definition) is 2. The normalized spacial score (nSPS) is 22.5. The summed E-state index contributed by atoms with van der Waals surface area (Å²) in [5.41, 5.74) is 3.53. The van der Waals surface area contributed by atoms with Crippen LogP contribution >= 0.6 is 0 Å². The summed E-state index contributed by atoms with van der Waals surface area (Å²) in [5.74, 6) is 0.303. The van der Waals surface area contributed by atoms with E-state index in [2.05, 4.69) is 31.3 Å². The third-order valence-corrected chi connectivity index (χ3v) is 4.18. The molecule has 2 unspecified atom stereocenters. The monoisotopic (exact) mass is 261 g/mol. The highest BCUT2D eigenvalue weighted by molar-refractivity contribution is 5.79. The second-order valence-electron chi connectivity index (χ2n) is 5.64. The summed E-state index contributed by atoms with van der Waals surface area (Å²) in [4.78, 5) is 12.0. The molecule has 2 rings (SSSR count). The Labute approximate surface area is 115 Å². The van der Waals surface area contributed by atoms with Crippen molar-refractivity contribution < 1.29 is 9.90 Å². The van der Waals surface area contributed by atoms with Crippen LogP contribution in [0.2, 0.25) is 0 Å². The van der Waals surface area contributed by atoms with Gasteiger partial charge in [-0.1, -0.05) is 24.6 Å². The molecule has 3 nitrogen and oxygen atoms in total. The fraction of sp³-hybridized carbons (Fsp3) is 0.562. The minimum atomic E-state index is 0.0635. The molecule has 1 aromatic carbocycles. The van der Waals surface area contributed by atoms with E-state index in [-0.39, 0.29) is 24.5 Å². The predicted molar refractivity (Wildman–Crippen MR) is 76.0 cm³/mol. The van der Waals surface area contributed by atoms with Crippen molar-refractivity contribution in [3.05, 3.63) is 34.9 Å². The molecular weight excluding hydrogens is 238 g/mol. The van der Waals surface area contributed by atoms with Crippen LogP contribution in [0.5, 0.6) is 0 Å². The molecule has 0 aliphatic heterocycles. The summed E-state index contributed by atoms with van der Waals surface area (Å²) in [7, 11) is 0. The number of aliphatic hydroxyl groups excluding tert-OH is 1. The number of aliphatic hydroxyl groups is 1. The summed E-state index contributed by atoms with van der Waals surface area (Å²) < 4.78 is 0. The molecule has 0 radical (unpaired) electrons. The van der Waals surface area contributed by atoms with Gasteiger partial charge < -0.3 is 10.4 Å². The van der Waals surface area contributed by atoms with E-state index in [1.165, 1.54) is 11.1 Å². The largest absolute Gasteiger partial charge is 0.396 e. The van der Waals surface area contributed by atoms with Gasteiger partial charge in [-0.2, -0.15) is 0 Å². The summed E-state index contributed by atoms with van der Waals surface area (Å²) in [5, 5.41) is 12.3. The minimum Gasteiger partial charge on any atom is -0.396 e. The van der Waals surface area contributed by atoms with E-state index in [9.17, 15) is 9.90 Å². The van der Waals surface area contributed by atoms with Crippen LogP contribution in [0.15, 0.2) is 18.2 Å². The van der Waals surface area contributed by atoms with Crippen LogP contribution in [0.25, 0.3) is 0 Å². The van der Waals surface area contributed by atoms with Gasteiger partial charge in [-0.05, 0) is 43.4 Å². The molecule has 0 spiro atoms. The minimum absolute atomic E-state index is 0.0635. The Morgan fingerprint density at radius 2 is 2.11 bits per heavy atom. The molecule has 3 heteroatoms. The van der Waals surface area contributed by atoms with Crippen molar-refractivity contribution in [2.75, 3.05) is 6.61 Å². The van der Waals surface area contributed by atoms with E-state index in [1.54, 1.807) is 0 Å². The summed E-state index contributed by atoms with van der Waals surface area (Å²) >= 11 is 0. The first kappa shape index (κ1) is 14.1. The van der Waals surface area contributed by atoms with E-state index in [0.29, 0.717) is 6.42 Å². The molecule has 0 aromatic heterocycles. The van der Waals surface area contributed by atoms with E-state index >= 15 is 0 Å². The number of aryl methyl sites for hydroxylation is 2. The van der Waals surface area contributed by atoms with Gasteiger partial charge in [0.2, 0.25) is 5.91 Å². The van der Waals surface area contributed by atoms with E-state index in [4.69, 9.17) is 0 Å². The summed E-state index contributed by atoms with van der Waals surface area (Å²) in [6, 6.07) is 6.31. The molecule has 1 aliphatic carbocycles. The highest BCUT2D eigenvalue weighted by atomic mass is 16.3. The molecule has 1 saturated carbocycles. The molecular formula is C16H23NO2. The Balaban J connectivity index is 1.92. The second kappa shape index (κ2) is 6.20. The Morgan fingerprint density at radius 1 is 1.32 bits per heavy atom. The molecule has 0 saturated heterocycles. The first-order chi connectivity index (χ1) is 9.10. The van der Waals surface area contributed by atoms with Crippen LogP contribution in [0, 0.1) is 19.8 Å². The Morgan fingerprint density at radius 3 is 2.79 bits per heavy atom. The van der Waals surface area contributed by atoms with Crippen LogP contribution < -0.4 is 5.32 Å². The highest BCUT2D eigenvalue weighted by Crippen LogP contribution is 2.25. The summed E-state index contributed by atoms with van der Waals surface area (Å²) in [6.45, 7) is 4.31. The average molecular weight is 261 g/mol. The van der Waals surface area contributed by atoms with Gasteiger partial charge in [0.15, 0.2) is 0 Å². The maximum Gasteiger partial charge on any atom is 0.224 e. The lowest BCUT2D eigenvalue weighted by Gasteiger charge is -2.19. The third kappa shape index (κ3) is 3.57. The van der Waals surface area contributed by atoms with Crippen molar-refractivity contribution >= 4 is 5.91 Å². The van der Waals surface area contributed by atoms with Gasteiger partial charge in [0.05, 0.1) is 6.42 Å². The van der Waals surface area contributed by atoms with Gasteiger partial charge in [-0.25, -0.2) is 0 Å². The fourth-order valence-electron chi connectivity index (χ4n) is 2.80. The highest BCUT2D eigenvalue weighted by Gasteiger charge is 2.27. The molecule has 2 N–H and O–H groups in total. The standard InChI is InChI=1S/C16H23NO2/c1-11-6-7-13(8-12(11)2)9-16(19)17-15-5-3-4-14(15)10-18/h6-8,14-15,18H,3-5,9-10H2,1-2H3,(H,17,19). The van der Waals surface area contributed by atoms with Crippen molar-refractivity contribution in [2.45, 2.75) is 45.6 Å². The SMILES string of the molecule is Cc1ccc(CC(=O)NC2CCCC2CO)cc1C. The number of benzene rings is 1. The molecule has 1 amide bonds. The third-order valence-electron chi connectivity index (χ3n) is 4.18. The van der Waals surface area contributed by atoms with Crippen molar-refractivity contribution in [1.82, 2.24) is 5.32 Å².